The third-order valence-electron chi connectivity index (χ3n) is 6.02. The number of likely N-dealkylation sites (tertiary alicyclic amines) is 1. The molecular weight excluding hydrogens is 416 g/mol. The zero-order chi connectivity index (χ0) is 23.8. The number of anilines is 1. The molecular formula is C23H38N2O7. The minimum absolute atomic E-state index is 0.0442. The smallest absolute Gasteiger partial charge is 0.241 e. The Morgan fingerprint density at radius 1 is 1.09 bits per heavy atom. The first-order chi connectivity index (χ1) is 15.2. The van der Waals surface area contributed by atoms with Crippen LogP contribution in [0.3, 0.4) is 0 Å². The highest BCUT2D eigenvalue weighted by molar-refractivity contribution is 5.96. The van der Waals surface area contributed by atoms with Gasteiger partial charge in [0.1, 0.15) is 24.4 Å². The van der Waals surface area contributed by atoms with Crippen molar-refractivity contribution >= 4 is 11.6 Å². The molecule has 1 unspecified atom stereocenters. The number of hydrogen-bond donors (Lipinski definition) is 6. The number of amides is 1. The van der Waals surface area contributed by atoms with Crippen LogP contribution in [-0.4, -0.2) is 92.8 Å². The number of carbonyl (C=O) groups excluding carboxylic acids is 1. The number of piperidine rings is 1. The predicted molar refractivity (Wildman–Crippen MR) is 120 cm³/mol. The monoisotopic (exact) mass is 454 g/mol. The molecule has 1 amide bonds. The van der Waals surface area contributed by atoms with E-state index in [9.17, 15) is 4.79 Å². The third-order valence-corrected chi connectivity index (χ3v) is 6.02. The molecule has 1 aromatic carbocycles. The maximum atomic E-state index is 12.6. The van der Waals surface area contributed by atoms with Gasteiger partial charge in [-0.3, -0.25) is 9.69 Å². The zero-order valence-electron chi connectivity index (χ0n) is 19.1. The molecule has 3 rings (SSSR count). The Hall–Kier alpha value is -1.59. The Bertz CT molecular complexity index is 705. The summed E-state index contributed by atoms with van der Waals surface area (Å²) in [6.07, 6.45) is -2.58. The molecule has 2 aliphatic rings. The van der Waals surface area contributed by atoms with Crippen molar-refractivity contribution in [3.63, 3.8) is 0 Å². The van der Waals surface area contributed by atoms with Gasteiger partial charge in [-0.15, -0.1) is 0 Å². The summed E-state index contributed by atoms with van der Waals surface area (Å²) >= 11 is 0. The Balaban J connectivity index is 0.000000258. The number of carbonyl (C=O) groups is 1. The molecule has 0 spiro atoms. The van der Waals surface area contributed by atoms with Crippen molar-refractivity contribution in [2.24, 2.45) is 0 Å². The van der Waals surface area contributed by atoms with Crippen molar-refractivity contribution in [1.29, 1.82) is 0 Å². The van der Waals surface area contributed by atoms with Crippen molar-refractivity contribution in [3.05, 3.63) is 29.3 Å². The van der Waals surface area contributed by atoms with Crippen LogP contribution in [0.15, 0.2) is 18.2 Å². The lowest BCUT2D eigenvalue weighted by Gasteiger charge is -2.37. The quantitative estimate of drug-likeness (QED) is 0.373. The highest BCUT2D eigenvalue weighted by Gasteiger charge is 2.42. The van der Waals surface area contributed by atoms with E-state index in [1.807, 2.05) is 32.0 Å². The lowest BCUT2D eigenvalue weighted by molar-refractivity contribution is -0.286. The molecule has 2 saturated heterocycles. The average Bonchev–Trinajstić information content (AvgIpc) is 2.78. The number of aliphatic hydroxyl groups is 5. The van der Waals surface area contributed by atoms with E-state index in [0.717, 1.165) is 49.2 Å². The molecule has 6 atom stereocenters. The molecule has 9 heteroatoms. The fourth-order valence-corrected chi connectivity index (χ4v) is 4.14. The fourth-order valence-electron chi connectivity index (χ4n) is 4.14. The highest BCUT2D eigenvalue weighted by atomic mass is 16.6. The standard InChI is InChI=1S/C17H26N2O.C6H12O6/c1-4-11-19-12-6-5-10-15(19)17(20)18-16-13(2)8-7-9-14(16)3;7-1-2-3(8)4(9)5(10)6(11)12-2/h7-9,15H,4-6,10-12H2,1-3H3,(H,18,20);2-11H,1H2/t15-;2-,3-,4+,5-,6?/m01/s1. The SMILES string of the molecule is CCCN1CCCC[C@H]1C(=O)Nc1c(C)cccc1C.OC[C@H]1OC(O)[C@H](O)[C@@H](O)[C@@H]1O. The summed E-state index contributed by atoms with van der Waals surface area (Å²) in [6.45, 7) is 7.82. The molecule has 0 aromatic heterocycles. The molecule has 32 heavy (non-hydrogen) atoms. The second-order valence-corrected chi connectivity index (χ2v) is 8.52. The van der Waals surface area contributed by atoms with Gasteiger partial charge in [0.25, 0.3) is 0 Å². The number of benzene rings is 1. The van der Waals surface area contributed by atoms with Crippen molar-refractivity contribution < 1.29 is 35.1 Å². The van der Waals surface area contributed by atoms with Crippen LogP contribution in [0.25, 0.3) is 0 Å². The van der Waals surface area contributed by atoms with Crippen molar-refractivity contribution in [1.82, 2.24) is 4.90 Å². The Morgan fingerprint density at radius 2 is 1.75 bits per heavy atom. The van der Waals surface area contributed by atoms with Gasteiger partial charge in [0, 0.05) is 5.69 Å². The van der Waals surface area contributed by atoms with Gasteiger partial charge in [0.15, 0.2) is 6.29 Å². The summed E-state index contributed by atoms with van der Waals surface area (Å²) in [5, 5.41) is 47.8. The molecule has 6 N–H and O–H groups in total. The fraction of sp³-hybridized carbons (Fsp3) is 0.696. The molecule has 0 aliphatic carbocycles. The Labute approximate surface area is 189 Å². The minimum atomic E-state index is -1.57. The molecule has 1 aromatic rings. The second-order valence-electron chi connectivity index (χ2n) is 8.52. The second kappa shape index (κ2) is 12.6. The first-order valence-corrected chi connectivity index (χ1v) is 11.3. The van der Waals surface area contributed by atoms with Gasteiger partial charge < -0.3 is 35.6 Å². The third kappa shape index (κ3) is 6.71. The Morgan fingerprint density at radius 3 is 2.34 bits per heavy atom. The maximum absolute atomic E-state index is 12.6. The van der Waals surface area contributed by atoms with E-state index in [2.05, 4.69) is 21.9 Å². The van der Waals surface area contributed by atoms with Crippen LogP contribution in [0.1, 0.15) is 43.7 Å². The number of nitrogens with one attached hydrogen (secondary N) is 1. The topological polar surface area (TPSA) is 143 Å². The van der Waals surface area contributed by atoms with E-state index in [0.29, 0.717) is 0 Å². The normalized spacial score (nSPS) is 30.9. The maximum Gasteiger partial charge on any atom is 0.241 e. The molecule has 0 bridgehead atoms. The predicted octanol–water partition coefficient (Wildman–Crippen LogP) is 0.285. The first-order valence-electron chi connectivity index (χ1n) is 11.3. The molecule has 0 saturated carbocycles. The molecule has 9 nitrogen and oxygen atoms in total. The van der Waals surface area contributed by atoms with Crippen molar-refractivity contribution in [2.45, 2.75) is 83.2 Å². The number of rotatable bonds is 5. The van der Waals surface area contributed by atoms with E-state index < -0.39 is 37.3 Å². The molecule has 2 heterocycles. The van der Waals surface area contributed by atoms with Crippen LogP contribution in [0, 0.1) is 13.8 Å². The van der Waals surface area contributed by atoms with E-state index in [1.54, 1.807) is 0 Å². The van der Waals surface area contributed by atoms with Gasteiger partial charge in [-0.25, -0.2) is 0 Å². The van der Waals surface area contributed by atoms with E-state index in [1.165, 1.54) is 6.42 Å². The number of ether oxygens (including phenoxy) is 1. The first kappa shape index (κ1) is 26.7. The van der Waals surface area contributed by atoms with Gasteiger partial charge in [-0.05, 0) is 57.3 Å². The number of nitrogens with zero attached hydrogens (tertiary/aromatic N) is 1. The summed E-state index contributed by atoms with van der Waals surface area (Å²) in [7, 11) is 0. The van der Waals surface area contributed by atoms with E-state index in [4.69, 9.17) is 25.5 Å². The van der Waals surface area contributed by atoms with E-state index in [-0.39, 0.29) is 11.9 Å². The van der Waals surface area contributed by atoms with Crippen LogP contribution in [0.4, 0.5) is 5.69 Å². The lowest BCUT2D eigenvalue weighted by atomic mass is 10.00. The van der Waals surface area contributed by atoms with E-state index >= 15 is 0 Å². The van der Waals surface area contributed by atoms with Crippen LogP contribution in [0.5, 0.6) is 0 Å². The summed E-state index contributed by atoms with van der Waals surface area (Å²) in [5.74, 6) is 0.163. The average molecular weight is 455 g/mol. The summed E-state index contributed by atoms with van der Waals surface area (Å²) < 4.78 is 4.58. The van der Waals surface area contributed by atoms with Crippen LogP contribution < -0.4 is 5.32 Å². The number of para-hydroxylation sites is 1. The van der Waals surface area contributed by atoms with Crippen LogP contribution in [-0.2, 0) is 9.53 Å². The number of aryl methyl sites for hydroxylation is 2. The molecule has 182 valence electrons. The van der Waals surface area contributed by atoms with Gasteiger partial charge >= 0.3 is 0 Å². The summed E-state index contributed by atoms with van der Waals surface area (Å²) in [4.78, 5) is 14.9. The largest absolute Gasteiger partial charge is 0.394 e. The highest BCUT2D eigenvalue weighted by Crippen LogP contribution is 2.23. The van der Waals surface area contributed by atoms with Gasteiger partial charge in [0.2, 0.25) is 5.91 Å². The van der Waals surface area contributed by atoms with Gasteiger partial charge in [-0.2, -0.15) is 0 Å². The molecule has 2 fully saturated rings. The van der Waals surface area contributed by atoms with Crippen LogP contribution in [0.2, 0.25) is 0 Å². The van der Waals surface area contributed by atoms with Gasteiger partial charge in [0.05, 0.1) is 12.6 Å². The van der Waals surface area contributed by atoms with Crippen molar-refractivity contribution in [3.8, 4) is 0 Å². The molecule has 0 radical (unpaired) electrons. The lowest BCUT2D eigenvalue weighted by Crippen LogP contribution is -2.58. The summed E-state index contributed by atoms with van der Waals surface area (Å²) in [5.41, 5.74) is 3.26. The van der Waals surface area contributed by atoms with Gasteiger partial charge in [-0.1, -0.05) is 31.5 Å². The van der Waals surface area contributed by atoms with Crippen molar-refractivity contribution in [2.75, 3.05) is 25.0 Å². The minimum Gasteiger partial charge on any atom is -0.394 e. The molecule has 2 aliphatic heterocycles. The number of aliphatic hydroxyl groups excluding tert-OH is 5. The summed E-state index contributed by atoms with van der Waals surface area (Å²) in [6, 6.07) is 6.17. The number of hydrogen-bond acceptors (Lipinski definition) is 8. The Kier molecular flexibility index (Phi) is 10.5. The zero-order valence-corrected chi connectivity index (χ0v) is 19.1. The van der Waals surface area contributed by atoms with Crippen LogP contribution >= 0.6 is 0 Å².